The fourth-order valence-electron chi connectivity index (χ4n) is 1.80. The van der Waals surface area contributed by atoms with Crippen molar-refractivity contribution < 1.29 is 12.8 Å². The predicted octanol–water partition coefficient (Wildman–Crippen LogP) is 1.31. The molecule has 1 saturated heterocycles. The second kappa shape index (κ2) is 4.64. The Kier molecular flexibility index (Phi) is 3.53. The van der Waals surface area contributed by atoms with E-state index in [2.05, 4.69) is 15.9 Å². The molecular formula is C10H12BrFN2O2S. The lowest BCUT2D eigenvalue weighted by Crippen LogP contribution is -2.32. The summed E-state index contributed by atoms with van der Waals surface area (Å²) in [7, 11) is -3.58. The Morgan fingerprint density at radius 3 is 2.71 bits per heavy atom. The smallest absolute Gasteiger partial charge is 0.244 e. The number of hydrogen-bond donors (Lipinski definition) is 1. The third-order valence-electron chi connectivity index (χ3n) is 2.70. The van der Waals surface area contributed by atoms with E-state index < -0.39 is 15.8 Å². The summed E-state index contributed by atoms with van der Waals surface area (Å²) >= 11 is 3.07. The quantitative estimate of drug-likeness (QED) is 0.893. The fourth-order valence-corrected chi connectivity index (χ4v) is 4.32. The molecule has 1 atom stereocenters. The average Bonchev–Trinajstić information content (AvgIpc) is 2.64. The topological polar surface area (TPSA) is 63.4 Å². The highest BCUT2D eigenvalue weighted by molar-refractivity contribution is 9.10. The molecule has 7 heteroatoms. The molecule has 0 saturated carbocycles. The molecule has 1 fully saturated rings. The van der Waals surface area contributed by atoms with Crippen molar-refractivity contribution in [1.29, 1.82) is 0 Å². The van der Waals surface area contributed by atoms with Gasteiger partial charge >= 0.3 is 0 Å². The summed E-state index contributed by atoms with van der Waals surface area (Å²) < 4.78 is 38.9. The van der Waals surface area contributed by atoms with Crippen LogP contribution in [-0.4, -0.2) is 31.9 Å². The van der Waals surface area contributed by atoms with Crippen molar-refractivity contribution in [1.82, 2.24) is 4.31 Å². The number of nitrogens with two attached hydrogens (primary N) is 1. The van der Waals surface area contributed by atoms with E-state index in [1.54, 1.807) is 0 Å². The van der Waals surface area contributed by atoms with E-state index in [1.165, 1.54) is 10.4 Å². The van der Waals surface area contributed by atoms with Gasteiger partial charge in [-0.15, -0.1) is 0 Å². The van der Waals surface area contributed by atoms with Crippen LogP contribution in [0.2, 0.25) is 0 Å². The summed E-state index contributed by atoms with van der Waals surface area (Å²) in [5.41, 5.74) is 5.68. The molecule has 4 nitrogen and oxygen atoms in total. The van der Waals surface area contributed by atoms with Gasteiger partial charge in [0.25, 0.3) is 0 Å². The maximum absolute atomic E-state index is 12.9. The molecule has 94 valence electrons. The first-order chi connectivity index (χ1) is 7.91. The number of hydrogen-bond acceptors (Lipinski definition) is 3. The Morgan fingerprint density at radius 2 is 2.18 bits per heavy atom. The maximum atomic E-state index is 12.9. The van der Waals surface area contributed by atoms with Gasteiger partial charge in [-0.25, -0.2) is 12.8 Å². The summed E-state index contributed by atoms with van der Waals surface area (Å²) in [4.78, 5) is 0.0769. The van der Waals surface area contributed by atoms with Gasteiger partial charge in [0.2, 0.25) is 10.0 Å². The molecular weight excluding hydrogens is 311 g/mol. The molecule has 0 aromatic heterocycles. The molecule has 0 spiro atoms. The molecule has 0 aliphatic carbocycles. The van der Waals surface area contributed by atoms with Crippen LogP contribution in [0.1, 0.15) is 6.42 Å². The first-order valence-electron chi connectivity index (χ1n) is 5.12. The van der Waals surface area contributed by atoms with Gasteiger partial charge in [0.05, 0.1) is 4.90 Å². The van der Waals surface area contributed by atoms with Gasteiger partial charge in [-0.1, -0.05) is 0 Å². The van der Waals surface area contributed by atoms with Crippen molar-refractivity contribution in [2.45, 2.75) is 17.4 Å². The van der Waals surface area contributed by atoms with Gasteiger partial charge in [0, 0.05) is 23.6 Å². The van der Waals surface area contributed by atoms with Crippen LogP contribution in [0.15, 0.2) is 27.6 Å². The SMILES string of the molecule is NC1CCN(S(=O)(=O)c2ccc(F)cc2Br)C1. The lowest BCUT2D eigenvalue weighted by molar-refractivity contribution is 0.472. The summed E-state index contributed by atoms with van der Waals surface area (Å²) in [5.74, 6) is -0.478. The third kappa shape index (κ3) is 2.52. The monoisotopic (exact) mass is 322 g/mol. The Balaban J connectivity index is 2.38. The van der Waals surface area contributed by atoms with Crippen molar-refractivity contribution in [3.63, 3.8) is 0 Å². The Labute approximate surface area is 108 Å². The molecule has 2 rings (SSSR count). The summed E-state index contributed by atoms with van der Waals surface area (Å²) in [5, 5.41) is 0. The van der Waals surface area contributed by atoms with E-state index in [0.717, 1.165) is 12.1 Å². The Bertz CT molecular complexity index is 535. The minimum atomic E-state index is -3.58. The van der Waals surface area contributed by atoms with Crippen LogP contribution in [-0.2, 0) is 10.0 Å². The van der Waals surface area contributed by atoms with E-state index in [4.69, 9.17) is 5.73 Å². The fraction of sp³-hybridized carbons (Fsp3) is 0.400. The molecule has 0 radical (unpaired) electrons. The van der Waals surface area contributed by atoms with E-state index in [-0.39, 0.29) is 15.4 Å². The molecule has 0 amide bonds. The Hall–Kier alpha value is -0.500. The zero-order valence-electron chi connectivity index (χ0n) is 8.94. The van der Waals surface area contributed by atoms with Gasteiger partial charge in [-0.05, 0) is 40.5 Å². The molecule has 17 heavy (non-hydrogen) atoms. The number of sulfonamides is 1. The molecule has 0 bridgehead atoms. The van der Waals surface area contributed by atoms with Crippen LogP contribution in [0.25, 0.3) is 0 Å². The normalized spacial score (nSPS) is 21.9. The molecule has 1 heterocycles. The summed E-state index contributed by atoms with van der Waals surface area (Å²) in [6.07, 6.45) is 0.651. The Morgan fingerprint density at radius 1 is 1.47 bits per heavy atom. The van der Waals surface area contributed by atoms with Gasteiger partial charge < -0.3 is 5.73 Å². The molecule has 1 unspecified atom stereocenters. The maximum Gasteiger partial charge on any atom is 0.244 e. The van der Waals surface area contributed by atoms with Crippen molar-refractivity contribution in [2.75, 3.05) is 13.1 Å². The summed E-state index contributed by atoms with van der Waals surface area (Å²) in [6, 6.07) is 3.42. The van der Waals surface area contributed by atoms with Gasteiger partial charge in [0.1, 0.15) is 5.82 Å². The third-order valence-corrected chi connectivity index (χ3v) is 5.54. The van der Waals surface area contributed by atoms with Gasteiger partial charge in [-0.2, -0.15) is 4.31 Å². The lowest BCUT2D eigenvalue weighted by atomic mass is 10.3. The highest BCUT2D eigenvalue weighted by atomic mass is 79.9. The highest BCUT2D eigenvalue weighted by Crippen LogP contribution is 2.27. The van der Waals surface area contributed by atoms with E-state index >= 15 is 0 Å². The first-order valence-corrected chi connectivity index (χ1v) is 7.35. The van der Waals surface area contributed by atoms with Crippen LogP contribution in [0, 0.1) is 5.82 Å². The second-order valence-electron chi connectivity index (χ2n) is 3.99. The van der Waals surface area contributed by atoms with Crippen molar-refractivity contribution >= 4 is 26.0 Å². The largest absolute Gasteiger partial charge is 0.326 e. The minimum absolute atomic E-state index is 0.0769. The van der Waals surface area contributed by atoms with Crippen molar-refractivity contribution in [3.05, 3.63) is 28.5 Å². The average molecular weight is 323 g/mol. The highest BCUT2D eigenvalue weighted by Gasteiger charge is 2.32. The molecule has 1 aliphatic rings. The van der Waals surface area contributed by atoms with E-state index in [0.29, 0.717) is 19.5 Å². The number of rotatable bonds is 2. The lowest BCUT2D eigenvalue weighted by Gasteiger charge is -2.16. The molecule has 1 aromatic rings. The zero-order chi connectivity index (χ0) is 12.6. The standard InChI is InChI=1S/C10H12BrFN2O2S/c11-9-5-7(12)1-2-10(9)17(15,16)14-4-3-8(13)6-14/h1-2,5,8H,3-4,6,13H2. The number of nitrogens with zero attached hydrogens (tertiary/aromatic N) is 1. The first kappa shape index (κ1) is 12.9. The zero-order valence-corrected chi connectivity index (χ0v) is 11.3. The van der Waals surface area contributed by atoms with Crippen molar-refractivity contribution in [3.8, 4) is 0 Å². The van der Waals surface area contributed by atoms with Crippen LogP contribution >= 0.6 is 15.9 Å². The van der Waals surface area contributed by atoms with E-state index in [1.807, 2.05) is 0 Å². The van der Waals surface area contributed by atoms with Gasteiger partial charge in [-0.3, -0.25) is 0 Å². The summed E-state index contributed by atoms with van der Waals surface area (Å²) in [6.45, 7) is 0.722. The number of benzene rings is 1. The van der Waals surface area contributed by atoms with Crippen LogP contribution in [0.4, 0.5) is 4.39 Å². The van der Waals surface area contributed by atoms with Crippen molar-refractivity contribution in [2.24, 2.45) is 5.73 Å². The van der Waals surface area contributed by atoms with Crippen LogP contribution in [0.3, 0.4) is 0 Å². The van der Waals surface area contributed by atoms with E-state index in [9.17, 15) is 12.8 Å². The van der Waals surface area contributed by atoms with Crippen LogP contribution in [0.5, 0.6) is 0 Å². The minimum Gasteiger partial charge on any atom is -0.326 e. The van der Waals surface area contributed by atoms with Gasteiger partial charge in [0.15, 0.2) is 0 Å². The molecule has 1 aliphatic heterocycles. The predicted molar refractivity (Wildman–Crippen MR) is 65.5 cm³/mol. The van der Waals surface area contributed by atoms with Crippen LogP contribution < -0.4 is 5.73 Å². The molecule has 2 N–H and O–H groups in total. The number of halogens is 2. The second-order valence-corrected chi connectivity index (χ2v) is 6.75. The molecule has 1 aromatic carbocycles.